The largest absolute Gasteiger partial charge is 0.494 e. The quantitative estimate of drug-likeness (QED) is 0.151. The Bertz CT molecular complexity index is 904. The Hall–Kier alpha value is -3.13. The number of unbranched alkanes of at least 4 members (excludes halogenated alkanes) is 3. The van der Waals surface area contributed by atoms with E-state index < -0.39 is 11.9 Å². The Morgan fingerprint density at radius 2 is 1.53 bits per heavy atom. The van der Waals surface area contributed by atoms with Crippen LogP contribution < -0.4 is 4.74 Å². The monoisotopic (exact) mass is 500 g/mol. The van der Waals surface area contributed by atoms with E-state index in [4.69, 9.17) is 23.7 Å². The molecule has 2 saturated heterocycles. The molecule has 2 heterocycles. The maximum absolute atomic E-state index is 12.1. The van der Waals surface area contributed by atoms with E-state index in [9.17, 15) is 14.4 Å². The molecule has 8 heteroatoms. The molecule has 2 unspecified atom stereocenters. The standard InChI is InChI=1S/C28H36O8/c1-20(2)27(30)35-16-15-33-26(29)12-9-21-7-10-23(11-8-21)32-13-5-3-4-6-14-34-28(31)22-17-24-19-25(18-22)36-24/h7-12,22,24-25H,1,3-6,13-19H2,2H3/b12-9+. The summed E-state index contributed by atoms with van der Waals surface area (Å²) in [6, 6.07) is 7.40. The lowest BCUT2D eigenvalue weighted by atomic mass is 9.81. The zero-order valence-electron chi connectivity index (χ0n) is 20.9. The molecule has 2 bridgehead atoms. The average Bonchev–Trinajstić information content (AvgIpc) is 2.86. The average molecular weight is 501 g/mol. The minimum Gasteiger partial charge on any atom is -0.494 e. The number of ether oxygens (including phenoxy) is 5. The van der Waals surface area contributed by atoms with Crippen LogP contribution in [-0.4, -0.2) is 56.5 Å². The summed E-state index contributed by atoms with van der Waals surface area (Å²) in [5, 5.41) is 0. The summed E-state index contributed by atoms with van der Waals surface area (Å²) in [5.74, 6) is -0.303. The number of hydrogen-bond donors (Lipinski definition) is 0. The van der Waals surface area contributed by atoms with E-state index in [-0.39, 0.29) is 37.3 Å². The fourth-order valence-electron chi connectivity index (χ4n) is 4.11. The van der Waals surface area contributed by atoms with Gasteiger partial charge in [-0.3, -0.25) is 4.79 Å². The first-order valence-corrected chi connectivity index (χ1v) is 12.6. The van der Waals surface area contributed by atoms with Gasteiger partial charge in [0.05, 0.1) is 31.3 Å². The van der Waals surface area contributed by atoms with Gasteiger partial charge in [0, 0.05) is 11.6 Å². The third kappa shape index (κ3) is 9.49. The second-order valence-electron chi connectivity index (χ2n) is 9.20. The van der Waals surface area contributed by atoms with Gasteiger partial charge in [-0.1, -0.05) is 18.7 Å². The molecule has 8 nitrogen and oxygen atoms in total. The first kappa shape index (κ1) is 27.5. The number of carbonyl (C=O) groups is 3. The van der Waals surface area contributed by atoms with Crippen molar-refractivity contribution in [3.63, 3.8) is 0 Å². The normalized spacial score (nSPS) is 20.3. The molecule has 3 aliphatic rings. The highest BCUT2D eigenvalue weighted by Gasteiger charge is 2.42. The maximum Gasteiger partial charge on any atom is 0.333 e. The molecule has 3 fully saturated rings. The van der Waals surface area contributed by atoms with Gasteiger partial charge in [0.2, 0.25) is 0 Å². The first-order valence-electron chi connectivity index (χ1n) is 12.6. The van der Waals surface area contributed by atoms with Crippen LogP contribution in [0.5, 0.6) is 5.75 Å². The van der Waals surface area contributed by atoms with Crippen molar-refractivity contribution in [1.29, 1.82) is 0 Å². The maximum atomic E-state index is 12.1. The zero-order chi connectivity index (χ0) is 25.8. The Morgan fingerprint density at radius 3 is 2.19 bits per heavy atom. The van der Waals surface area contributed by atoms with E-state index in [0.717, 1.165) is 56.3 Å². The van der Waals surface area contributed by atoms with Gasteiger partial charge in [-0.2, -0.15) is 0 Å². The van der Waals surface area contributed by atoms with Gasteiger partial charge in [0.1, 0.15) is 19.0 Å². The molecule has 1 saturated carbocycles. The van der Waals surface area contributed by atoms with E-state index in [1.165, 1.54) is 6.08 Å². The van der Waals surface area contributed by atoms with Crippen molar-refractivity contribution in [3.05, 3.63) is 48.1 Å². The molecule has 36 heavy (non-hydrogen) atoms. The molecule has 0 radical (unpaired) electrons. The third-order valence-electron chi connectivity index (χ3n) is 6.09. The lowest BCUT2D eigenvalue weighted by Gasteiger charge is -2.44. The molecule has 1 aromatic carbocycles. The summed E-state index contributed by atoms with van der Waals surface area (Å²) in [6.07, 6.45) is 10.0. The van der Waals surface area contributed by atoms with Gasteiger partial charge < -0.3 is 23.7 Å². The Labute approximate surface area is 212 Å². The molecule has 1 aromatic rings. The Balaban J connectivity index is 1.18. The summed E-state index contributed by atoms with van der Waals surface area (Å²) >= 11 is 0. The molecule has 2 atom stereocenters. The molecule has 0 amide bonds. The summed E-state index contributed by atoms with van der Waals surface area (Å²) in [7, 11) is 0. The molecular weight excluding hydrogens is 464 g/mol. The molecule has 1 aliphatic carbocycles. The number of benzene rings is 1. The molecule has 0 aromatic heterocycles. The van der Waals surface area contributed by atoms with Crippen LogP contribution in [0.15, 0.2) is 42.5 Å². The number of rotatable bonds is 15. The van der Waals surface area contributed by atoms with Crippen LogP contribution in [-0.2, 0) is 33.3 Å². The Morgan fingerprint density at radius 1 is 0.889 bits per heavy atom. The van der Waals surface area contributed by atoms with Crippen molar-refractivity contribution < 1.29 is 38.1 Å². The topological polar surface area (TPSA) is 97.4 Å². The van der Waals surface area contributed by atoms with Crippen LogP contribution >= 0.6 is 0 Å². The summed E-state index contributed by atoms with van der Waals surface area (Å²) in [5.41, 5.74) is 1.13. The van der Waals surface area contributed by atoms with Gasteiger partial charge in [-0.25, -0.2) is 9.59 Å². The molecule has 2 aliphatic heterocycles. The second-order valence-corrected chi connectivity index (χ2v) is 9.20. The van der Waals surface area contributed by atoms with Gasteiger partial charge >= 0.3 is 17.9 Å². The number of hydrogen-bond acceptors (Lipinski definition) is 8. The van der Waals surface area contributed by atoms with Crippen LogP contribution in [0.25, 0.3) is 6.08 Å². The summed E-state index contributed by atoms with van der Waals surface area (Å²) in [4.78, 5) is 35.1. The van der Waals surface area contributed by atoms with E-state index >= 15 is 0 Å². The van der Waals surface area contributed by atoms with Crippen molar-refractivity contribution >= 4 is 24.0 Å². The van der Waals surface area contributed by atoms with Crippen molar-refractivity contribution in [3.8, 4) is 5.75 Å². The van der Waals surface area contributed by atoms with E-state index in [2.05, 4.69) is 6.58 Å². The van der Waals surface area contributed by atoms with Crippen LogP contribution in [0, 0.1) is 5.92 Å². The van der Waals surface area contributed by atoms with Gasteiger partial charge in [0.15, 0.2) is 0 Å². The molecule has 196 valence electrons. The van der Waals surface area contributed by atoms with E-state index in [1.54, 1.807) is 13.0 Å². The third-order valence-corrected chi connectivity index (χ3v) is 6.09. The second kappa shape index (κ2) is 14.4. The number of fused-ring (bicyclic) bond motifs is 2. The lowest BCUT2D eigenvalue weighted by molar-refractivity contribution is -0.188. The predicted molar refractivity (Wildman–Crippen MR) is 133 cm³/mol. The molecule has 0 spiro atoms. The minimum absolute atomic E-state index is 0.0118. The highest BCUT2D eigenvalue weighted by atomic mass is 16.6. The van der Waals surface area contributed by atoms with Crippen molar-refractivity contribution in [1.82, 2.24) is 0 Å². The van der Waals surface area contributed by atoms with Gasteiger partial charge in [-0.15, -0.1) is 0 Å². The molecular formula is C28H36O8. The van der Waals surface area contributed by atoms with Crippen molar-refractivity contribution in [2.75, 3.05) is 26.4 Å². The smallest absolute Gasteiger partial charge is 0.333 e. The number of carbonyl (C=O) groups excluding carboxylic acids is 3. The van der Waals surface area contributed by atoms with Crippen LogP contribution in [0.2, 0.25) is 0 Å². The fourth-order valence-corrected chi connectivity index (χ4v) is 4.11. The number of esters is 3. The first-order chi connectivity index (χ1) is 17.4. The zero-order valence-corrected chi connectivity index (χ0v) is 20.9. The van der Waals surface area contributed by atoms with E-state index in [0.29, 0.717) is 18.8 Å². The lowest BCUT2D eigenvalue weighted by Crippen LogP contribution is -2.47. The van der Waals surface area contributed by atoms with Crippen LogP contribution in [0.4, 0.5) is 0 Å². The van der Waals surface area contributed by atoms with Crippen molar-refractivity contribution in [2.24, 2.45) is 5.92 Å². The van der Waals surface area contributed by atoms with Gasteiger partial charge in [0.25, 0.3) is 0 Å². The summed E-state index contributed by atoms with van der Waals surface area (Å²) < 4.78 is 26.6. The molecule has 0 N–H and O–H groups in total. The van der Waals surface area contributed by atoms with E-state index in [1.807, 2.05) is 24.3 Å². The predicted octanol–water partition coefficient (Wildman–Crippen LogP) is 4.41. The summed E-state index contributed by atoms with van der Waals surface area (Å²) in [6.45, 7) is 6.09. The Kier molecular flexibility index (Phi) is 11.0. The molecule has 4 rings (SSSR count). The van der Waals surface area contributed by atoms with Crippen LogP contribution in [0.1, 0.15) is 57.4 Å². The highest BCUT2D eigenvalue weighted by Crippen LogP contribution is 2.38. The fraction of sp³-hybridized carbons (Fsp3) is 0.536. The van der Waals surface area contributed by atoms with Gasteiger partial charge in [-0.05, 0) is 75.6 Å². The SMILES string of the molecule is C=C(C)C(=O)OCCOC(=O)/C=C/c1ccc(OCCCCCCOC(=O)C2CC3CC(C2)O3)cc1. The minimum atomic E-state index is -0.517. The highest BCUT2D eigenvalue weighted by molar-refractivity contribution is 5.87. The van der Waals surface area contributed by atoms with Crippen molar-refractivity contribution in [2.45, 2.75) is 64.1 Å². The van der Waals surface area contributed by atoms with Crippen LogP contribution in [0.3, 0.4) is 0 Å².